The van der Waals surface area contributed by atoms with Gasteiger partial charge in [0.25, 0.3) is 0 Å². The zero-order valence-corrected chi connectivity index (χ0v) is 10.7. The fourth-order valence-corrected chi connectivity index (χ4v) is 2.27. The molecule has 3 rings (SSSR count). The first-order valence-corrected chi connectivity index (χ1v) is 5.99. The predicted octanol–water partition coefficient (Wildman–Crippen LogP) is 3.39. The van der Waals surface area contributed by atoms with Gasteiger partial charge < -0.3 is 9.67 Å². The number of benzene rings is 2. The molecule has 0 radical (unpaired) electrons. The number of nitrogens with zero attached hydrogens (tertiary/aromatic N) is 2. The van der Waals surface area contributed by atoms with Crippen molar-refractivity contribution in [2.45, 2.75) is 6.92 Å². The van der Waals surface area contributed by atoms with Gasteiger partial charge in [-0.1, -0.05) is 12.1 Å². The summed E-state index contributed by atoms with van der Waals surface area (Å²) in [5.41, 5.74) is 3.08. The van der Waals surface area contributed by atoms with Crippen molar-refractivity contribution in [3.05, 3.63) is 47.8 Å². The van der Waals surface area contributed by atoms with Crippen LogP contribution < -0.4 is 0 Å². The minimum atomic E-state index is -0.283. The molecule has 96 valence electrons. The lowest BCUT2D eigenvalue weighted by Gasteiger charge is -2.07. The van der Waals surface area contributed by atoms with Crippen LogP contribution in [0.3, 0.4) is 0 Å². The Morgan fingerprint density at radius 1 is 1.21 bits per heavy atom. The molecule has 0 spiro atoms. The number of hydrogen-bond acceptors (Lipinski definition) is 2. The first kappa shape index (κ1) is 11.7. The molecule has 1 heterocycles. The zero-order valence-electron chi connectivity index (χ0n) is 10.7. The van der Waals surface area contributed by atoms with E-state index in [9.17, 15) is 9.50 Å². The van der Waals surface area contributed by atoms with Gasteiger partial charge in [-0.2, -0.15) is 0 Å². The molecule has 3 nitrogen and oxygen atoms in total. The summed E-state index contributed by atoms with van der Waals surface area (Å²) in [7, 11) is 1.84. The van der Waals surface area contributed by atoms with Crippen LogP contribution in [0.4, 0.5) is 4.39 Å². The van der Waals surface area contributed by atoms with Crippen molar-refractivity contribution in [2.24, 2.45) is 7.05 Å². The minimum Gasteiger partial charge on any atom is -0.508 e. The van der Waals surface area contributed by atoms with Gasteiger partial charge in [0.2, 0.25) is 0 Å². The van der Waals surface area contributed by atoms with Crippen molar-refractivity contribution in [2.75, 3.05) is 0 Å². The molecule has 0 atom stereocenters. The van der Waals surface area contributed by atoms with Crippen molar-refractivity contribution >= 4 is 11.0 Å². The van der Waals surface area contributed by atoms with Crippen LogP contribution >= 0.6 is 0 Å². The molecule has 0 fully saturated rings. The fourth-order valence-electron chi connectivity index (χ4n) is 2.27. The molecule has 0 aliphatic carbocycles. The summed E-state index contributed by atoms with van der Waals surface area (Å²) in [6.45, 7) is 1.84. The summed E-state index contributed by atoms with van der Waals surface area (Å²) in [6, 6.07) is 9.83. The van der Waals surface area contributed by atoms with Gasteiger partial charge in [0.05, 0.1) is 11.0 Å². The molecule has 3 aromatic rings. The molecule has 0 saturated carbocycles. The van der Waals surface area contributed by atoms with Crippen molar-refractivity contribution in [1.29, 1.82) is 0 Å². The number of hydrogen-bond donors (Lipinski definition) is 1. The highest BCUT2D eigenvalue weighted by Crippen LogP contribution is 2.30. The zero-order chi connectivity index (χ0) is 13.6. The number of halogens is 1. The molecule has 2 aromatic carbocycles. The van der Waals surface area contributed by atoms with E-state index < -0.39 is 0 Å². The van der Waals surface area contributed by atoms with Crippen LogP contribution in [0.15, 0.2) is 36.4 Å². The van der Waals surface area contributed by atoms with E-state index in [0.29, 0.717) is 5.82 Å². The van der Waals surface area contributed by atoms with E-state index in [1.165, 1.54) is 12.1 Å². The maximum atomic E-state index is 13.3. The van der Waals surface area contributed by atoms with Crippen LogP contribution in [0, 0.1) is 12.7 Å². The average Bonchev–Trinajstić information content (AvgIpc) is 2.70. The summed E-state index contributed by atoms with van der Waals surface area (Å²) in [4.78, 5) is 4.51. The van der Waals surface area contributed by atoms with E-state index in [1.807, 2.05) is 24.6 Å². The molecule has 0 amide bonds. The molecule has 4 heteroatoms. The van der Waals surface area contributed by atoms with E-state index in [1.54, 1.807) is 18.2 Å². The summed E-state index contributed by atoms with van der Waals surface area (Å²) in [5.74, 6) is 0.666. The summed E-state index contributed by atoms with van der Waals surface area (Å²) < 4.78 is 15.1. The number of rotatable bonds is 1. The second-order valence-electron chi connectivity index (χ2n) is 4.58. The molecule has 1 N–H and O–H groups in total. The van der Waals surface area contributed by atoms with E-state index in [4.69, 9.17) is 0 Å². The number of phenolic OH excluding ortho intramolecular Hbond substituents is 1. The number of fused-ring (bicyclic) bond motifs is 1. The highest BCUT2D eigenvalue weighted by Gasteiger charge is 2.13. The van der Waals surface area contributed by atoms with Crippen LogP contribution in [0.25, 0.3) is 22.4 Å². The number of aryl methyl sites for hydroxylation is 1. The van der Waals surface area contributed by atoms with Crippen molar-refractivity contribution in [3.8, 4) is 17.1 Å². The van der Waals surface area contributed by atoms with Crippen LogP contribution in [0.2, 0.25) is 0 Å². The lowest BCUT2D eigenvalue weighted by Crippen LogP contribution is -1.94. The average molecular weight is 256 g/mol. The third kappa shape index (κ3) is 1.76. The lowest BCUT2D eigenvalue weighted by atomic mass is 10.1. The van der Waals surface area contributed by atoms with Crippen LogP contribution in [-0.4, -0.2) is 14.7 Å². The van der Waals surface area contributed by atoms with Crippen LogP contribution in [0.1, 0.15) is 5.56 Å². The maximum absolute atomic E-state index is 13.3. The molecule has 0 unspecified atom stereocenters. The van der Waals surface area contributed by atoms with Gasteiger partial charge in [-0.3, -0.25) is 0 Å². The third-order valence-corrected chi connectivity index (χ3v) is 3.39. The molecule has 0 aliphatic rings. The monoisotopic (exact) mass is 256 g/mol. The minimum absolute atomic E-state index is 0.232. The van der Waals surface area contributed by atoms with Gasteiger partial charge >= 0.3 is 0 Å². The Balaban J connectivity index is 2.31. The van der Waals surface area contributed by atoms with E-state index in [2.05, 4.69) is 4.98 Å². The first-order valence-electron chi connectivity index (χ1n) is 5.99. The van der Waals surface area contributed by atoms with Gasteiger partial charge in [0.15, 0.2) is 0 Å². The summed E-state index contributed by atoms with van der Waals surface area (Å²) in [5, 5.41) is 9.77. The highest BCUT2D eigenvalue weighted by molar-refractivity contribution is 5.81. The molecular weight excluding hydrogens is 243 g/mol. The van der Waals surface area contributed by atoms with Gasteiger partial charge in [0, 0.05) is 18.2 Å². The topological polar surface area (TPSA) is 38.1 Å². The van der Waals surface area contributed by atoms with Gasteiger partial charge in [-0.15, -0.1) is 0 Å². The first-order chi connectivity index (χ1) is 9.08. The smallest absolute Gasteiger partial charge is 0.141 e. The standard InChI is InChI=1S/C15H13FN2O/c1-9-11(4-3-5-14(9)19)15-17-12-7-6-10(16)8-13(12)18(15)2/h3-8,19H,1-2H3. The van der Waals surface area contributed by atoms with E-state index >= 15 is 0 Å². The largest absolute Gasteiger partial charge is 0.508 e. The van der Waals surface area contributed by atoms with Crippen molar-refractivity contribution in [1.82, 2.24) is 9.55 Å². The Hall–Kier alpha value is -2.36. The number of aromatic hydroxyl groups is 1. The van der Waals surface area contributed by atoms with Gasteiger partial charge in [-0.25, -0.2) is 9.37 Å². The molecular formula is C15H13FN2O. The van der Waals surface area contributed by atoms with E-state index in [0.717, 1.165) is 22.2 Å². The Kier molecular flexibility index (Phi) is 2.52. The second-order valence-corrected chi connectivity index (χ2v) is 4.58. The van der Waals surface area contributed by atoms with Crippen LogP contribution in [-0.2, 0) is 7.05 Å². The second kappa shape index (κ2) is 4.09. The number of phenols is 1. The van der Waals surface area contributed by atoms with Crippen LogP contribution in [0.5, 0.6) is 5.75 Å². The van der Waals surface area contributed by atoms with Gasteiger partial charge in [0.1, 0.15) is 17.4 Å². The van der Waals surface area contributed by atoms with Gasteiger partial charge in [-0.05, 0) is 31.2 Å². The lowest BCUT2D eigenvalue weighted by molar-refractivity contribution is 0.471. The SMILES string of the molecule is Cc1c(O)cccc1-c1nc2ccc(F)cc2n1C. The Morgan fingerprint density at radius 3 is 2.79 bits per heavy atom. The molecule has 1 aromatic heterocycles. The maximum Gasteiger partial charge on any atom is 0.141 e. The van der Waals surface area contributed by atoms with E-state index in [-0.39, 0.29) is 11.6 Å². The summed E-state index contributed by atoms with van der Waals surface area (Å²) in [6.07, 6.45) is 0. The highest BCUT2D eigenvalue weighted by atomic mass is 19.1. The van der Waals surface area contributed by atoms with Crippen molar-refractivity contribution < 1.29 is 9.50 Å². The fraction of sp³-hybridized carbons (Fsp3) is 0.133. The summed E-state index contributed by atoms with van der Waals surface area (Å²) >= 11 is 0. The number of aromatic nitrogens is 2. The third-order valence-electron chi connectivity index (χ3n) is 3.39. The molecule has 0 saturated heterocycles. The molecule has 0 bridgehead atoms. The quantitative estimate of drug-likeness (QED) is 0.724. The predicted molar refractivity (Wildman–Crippen MR) is 72.5 cm³/mol. The molecule has 19 heavy (non-hydrogen) atoms. The normalized spacial score (nSPS) is 11.1. The Labute approximate surface area is 109 Å². The Bertz CT molecular complexity index is 777. The molecule has 0 aliphatic heterocycles. The number of imidazole rings is 1. The Morgan fingerprint density at radius 2 is 2.00 bits per heavy atom. The van der Waals surface area contributed by atoms with Crippen molar-refractivity contribution in [3.63, 3.8) is 0 Å².